The third kappa shape index (κ3) is 2.76. The molecule has 0 saturated carbocycles. The molecule has 0 fully saturated rings. The van der Waals surface area contributed by atoms with Gasteiger partial charge in [0.05, 0.1) is 6.61 Å². The summed E-state index contributed by atoms with van der Waals surface area (Å²) in [6.07, 6.45) is 3.22. The van der Waals surface area contributed by atoms with Crippen LogP contribution in [0.25, 0.3) is 10.8 Å². The van der Waals surface area contributed by atoms with E-state index in [1.165, 1.54) is 6.20 Å². The van der Waals surface area contributed by atoms with E-state index < -0.39 is 5.97 Å². The van der Waals surface area contributed by atoms with Crippen LogP contribution in [0.3, 0.4) is 0 Å². The highest BCUT2D eigenvalue weighted by Crippen LogP contribution is 2.28. The standard InChI is InChI=1S/C14H16N2O3/c1-2-3-6-19-14(18)12-13(17)11-5-4-10(15)7-9(11)8-16-12/h4-5,7-8,17H,2-3,6,15H2,1H3. The second kappa shape index (κ2) is 5.56. The summed E-state index contributed by atoms with van der Waals surface area (Å²) < 4.78 is 5.04. The number of anilines is 1. The highest BCUT2D eigenvalue weighted by atomic mass is 16.5. The maximum atomic E-state index is 11.8. The van der Waals surface area contributed by atoms with Crippen LogP contribution in [0.15, 0.2) is 24.4 Å². The van der Waals surface area contributed by atoms with Gasteiger partial charge in [0.2, 0.25) is 0 Å². The second-order valence-corrected chi connectivity index (χ2v) is 4.29. The van der Waals surface area contributed by atoms with Crippen molar-refractivity contribution < 1.29 is 14.6 Å². The van der Waals surface area contributed by atoms with Crippen molar-refractivity contribution in [1.29, 1.82) is 0 Å². The van der Waals surface area contributed by atoms with Crippen LogP contribution in [0, 0.1) is 0 Å². The van der Waals surface area contributed by atoms with Crippen LogP contribution in [0.4, 0.5) is 5.69 Å². The van der Waals surface area contributed by atoms with Crippen LogP contribution in [-0.4, -0.2) is 22.7 Å². The van der Waals surface area contributed by atoms with E-state index in [0.717, 1.165) is 12.8 Å². The van der Waals surface area contributed by atoms with E-state index in [9.17, 15) is 9.90 Å². The Morgan fingerprint density at radius 2 is 2.26 bits per heavy atom. The molecule has 3 N–H and O–H groups in total. The van der Waals surface area contributed by atoms with Gasteiger partial charge in [-0.25, -0.2) is 9.78 Å². The number of hydrogen-bond donors (Lipinski definition) is 2. The number of unbranched alkanes of at least 4 members (excludes halogenated alkanes) is 1. The number of aromatic hydroxyl groups is 1. The monoisotopic (exact) mass is 260 g/mol. The van der Waals surface area contributed by atoms with Crippen LogP contribution < -0.4 is 5.73 Å². The Hall–Kier alpha value is -2.30. The number of nitrogens with zero attached hydrogens (tertiary/aromatic N) is 1. The predicted octanol–water partition coefficient (Wildman–Crippen LogP) is 2.48. The summed E-state index contributed by atoms with van der Waals surface area (Å²) in [7, 11) is 0. The Morgan fingerprint density at radius 3 is 3.00 bits per heavy atom. The molecule has 1 aromatic heterocycles. The molecule has 100 valence electrons. The zero-order valence-electron chi connectivity index (χ0n) is 10.7. The van der Waals surface area contributed by atoms with E-state index in [4.69, 9.17) is 10.5 Å². The van der Waals surface area contributed by atoms with Gasteiger partial charge in [-0.05, 0) is 24.6 Å². The third-order valence-corrected chi connectivity index (χ3v) is 2.81. The van der Waals surface area contributed by atoms with Gasteiger partial charge in [0.25, 0.3) is 0 Å². The first kappa shape index (κ1) is 13.1. The van der Waals surface area contributed by atoms with Gasteiger partial charge in [-0.2, -0.15) is 0 Å². The Balaban J connectivity index is 2.32. The van der Waals surface area contributed by atoms with Crippen LogP contribution in [-0.2, 0) is 4.74 Å². The minimum Gasteiger partial charge on any atom is -0.505 e. The fourth-order valence-corrected chi connectivity index (χ4v) is 1.75. The Bertz CT molecular complexity index is 611. The largest absolute Gasteiger partial charge is 0.505 e. The number of ether oxygens (including phenoxy) is 1. The molecule has 2 aromatic rings. The van der Waals surface area contributed by atoms with E-state index in [1.54, 1.807) is 18.2 Å². The van der Waals surface area contributed by atoms with Gasteiger partial charge in [0.1, 0.15) is 0 Å². The van der Waals surface area contributed by atoms with E-state index in [0.29, 0.717) is 23.1 Å². The lowest BCUT2D eigenvalue weighted by Gasteiger charge is -2.07. The lowest BCUT2D eigenvalue weighted by molar-refractivity contribution is 0.0489. The normalized spacial score (nSPS) is 10.6. The summed E-state index contributed by atoms with van der Waals surface area (Å²) in [5.41, 5.74) is 6.17. The topological polar surface area (TPSA) is 85.4 Å². The molecule has 0 radical (unpaired) electrons. The van der Waals surface area contributed by atoms with Gasteiger partial charge < -0.3 is 15.6 Å². The van der Waals surface area contributed by atoms with Gasteiger partial charge >= 0.3 is 5.97 Å². The number of benzene rings is 1. The third-order valence-electron chi connectivity index (χ3n) is 2.81. The molecule has 5 nitrogen and oxygen atoms in total. The highest BCUT2D eigenvalue weighted by Gasteiger charge is 2.16. The first-order chi connectivity index (χ1) is 9.13. The summed E-state index contributed by atoms with van der Waals surface area (Å²) in [4.78, 5) is 15.7. The SMILES string of the molecule is CCCCOC(=O)c1ncc2cc(N)ccc2c1O. The van der Waals surface area contributed by atoms with E-state index >= 15 is 0 Å². The average Bonchev–Trinajstić information content (AvgIpc) is 2.39. The predicted molar refractivity (Wildman–Crippen MR) is 73.0 cm³/mol. The molecule has 5 heteroatoms. The van der Waals surface area contributed by atoms with Crippen LogP contribution >= 0.6 is 0 Å². The minimum atomic E-state index is -0.607. The van der Waals surface area contributed by atoms with E-state index in [2.05, 4.69) is 4.98 Å². The minimum absolute atomic E-state index is 0.0617. The van der Waals surface area contributed by atoms with Gasteiger partial charge in [-0.15, -0.1) is 0 Å². The number of carbonyl (C=O) groups is 1. The zero-order valence-corrected chi connectivity index (χ0v) is 10.7. The Morgan fingerprint density at radius 1 is 1.47 bits per heavy atom. The molecule has 0 bridgehead atoms. The number of pyridine rings is 1. The van der Waals surface area contributed by atoms with Crippen molar-refractivity contribution in [1.82, 2.24) is 4.98 Å². The van der Waals surface area contributed by atoms with Crippen molar-refractivity contribution >= 4 is 22.4 Å². The molecule has 1 heterocycles. The Labute approximate surface area is 111 Å². The number of hydrogen-bond acceptors (Lipinski definition) is 5. The lowest BCUT2D eigenvalue weighted by atomic mass is 10.1. The second-order valence-electron chi connectivity index (χ2n) is 4.29. The molecule has 0 atom stereocenters. The van der Waals surface area contributed by atoms with Crippen LogP contribution in [0.1, 0.15) is 30.3 Å². The maximum absolute atomic E-state index is 11.8. The average molecular weight is 260 g/mol. The number of carbonyl (C=O) groups excluding carboxylic acids is 1. The molecule has 19 heavy (non-hydrogen) atoms. The van der Waals surface area contributed by atoms with Crippen LogP contribution in [0.5, 0.6) is 5.75 Å². The number of nitrogens with two attached hydrogens (primary N) is 1. The van der Waals surface area contributed by atoms with Gasteiger partial charge in [-0.3, -0.25) is 0 Å². The van der Waals surface area contributed by atoms with Crippen LogP contribution in [0.2, 0.25) is 0 Å². The summed E-state index contributed by atoms with van der Waals surface area (Å²) in [6.45, 7) is 2.33. The molecular weight excluding hydrogens is 244 g/mol. The molecule has 0 aliphatic heterocycles. The van der Waals surface area contributed by atoms with Gasteiger partial charge in [0.15, 0.2) is 11.4 Å². The van der Waals surface area contributed by atoms with Crippen molar-refractivity contribution in [2.24, 2.45) is 0 Å². The quantitative estimate of drug-likeness (QED) is 0.501. The maximum Gasteiger partial charge on any atom is 0.360 e. The van der Waals surface area contributed by atoms with Crippen molar-refractivity contribution in [3.8, 4) is 5.75 Å². The first-order valence-corrected chi connectivity index (χ1v) is 6.17. The number of aromatic nitrogens is 1. The van der Waals surface area contributed by atoms with E-state index in [1.807, 2.05) is 6.92 Å². The molecule has 0 amide bonds. The molecule has 0 spiro atoms. The molecule has 2 rings (SSSR count). The summed E-state index contributed by atoms with van der Waals surface area (Å²) in [6, 6.07) is 5.01. The molecule has 0 saturated heterocycles. The smallest absolute Gasteiger partial charge is 0.360 e. The van der Waals surface area contributed by atoms with Crippen molar-refractivity contribution in [3.05, 3.63) is 30.1 Å². The molecule has 1 aromatic carbocycles. The van der Waals surface area contributed by atoms with Crippen molar-refractivity contribution in [2.75, 3.05) is 12.3 Å². The summed E-state index contributed by atoms with van der Waals surface area (Å²) >= 11 is 0. The van der Waals surface area contributed by atoms with Crippen molar-refractivity contribution in [2.45, 2.75) is 19.8 Å². The lowest BCUT2D eigenvalue weighted by Crippen LogP contribution is -2.08. The molecule has 0 aliphatic carbocycles. The van der Waals surface area contributed by atoms with Gasteiger partial charge in [-0.1, -0.05) is 13.3 Å². The highest BCUT2D eigenvalue weighted by molar-refractivity contribution is 5.99. The number of esters is 1. The zero-order chi connectivity index (χ0) is 13.8. The summed E-state index contributed by atoms with van der Waals surface area (Å²) in [5.74, 6) is -0.774. The van der Waals surface area contributed by atoms with E-state index in [-0.39, 0.29) is 11.4 Å². The first-order valence-electron chi connectivity index (χ1n) is 6.17. The molecule has 0 unspecified atom stereocenters. The fraction of sp³-hybridized carbons (Fsp3) is 0.286. The molecular formula is C14H16N2O3. The van der Waals surface area contributed by atoms with Gasteiger partial charge in [0, 0.05) is 22.7 Å². The number of rotatable bonds is 4. The Kier molecular flexibility index (Phi) is 3.85. The molecule has 0 aliphatic rings. The number of nitrogen functional groups attached to an aromatic ring is 1. The summed E-state index contributed by atoms with van der Waals surface area (Å²) in [5, 5.41) is 11.3. The fourth-order valence-electron chi connectivity index (χ4n) is 1.75. The van der Waals surface area contributed by atoms with Crippen molar-refractivity contribution in [3.63, 3.8) is 0 Å². The number of fused-ring (bicyclic) bond motifs is 1.